The summed E-state index contributed by atoms with van der Waals surface area (Å²) >= 11 is 0. The van der Waals surface area contributed by atoms with Gasteiger partial charge >= 0.3 is 0 Å². The monoisotopic (exact) mass is 306 g/mol. The van der Waals surface area contributed by atoms with E-state index in [1.807, 2.05) is 36.4 Å². The number of para-hydroxylation sites is 1. The summed E-state index contributed by atoms with van der Waals surface area (Å²) in [7, 11) is 3.94. The highest BCUT2D eigenvalue weighted by atomic mass is 16.2. The van der Waals surface area contributed by atoms with Crippen molar-refractivity contribution in [2.75, 3.05) is 25.5 Å². The maximum Gasteiger partial charge on any atom is 0.250 e. The Morgan fingerprint density at radius 1 is 1.13 bits per heavy atom. The number of hydrogen-bond donors (Lipinski definition) is 0. The van der Waals surface area contributed by atoms with Crippen LogP contribution in [0.4, 0.5) is 5.69 Å². The highest BCUT2D eigenvalue weighted by Crippen LogP contribution is 2.20. The molecule has 23 heavy (non-hydrogen) atoms. The van der Waals surface area contributed by atoms with E-state index in [1.165, 1.54) is 11.1 Å². The molecule has 0 atom stereocenters. The second-order valence-corrected chi connectivity index (χ2v) is 6.08. The van der Waals surface area contributed by atoms with E-state index in [-0.39, 0.29) is 5.91 Å². The number of amides is 1. The lowest BCUT2D eigenvalue weighted by Gasteiger charge is -2.25. The second-order valence-electron chi connectivity index (χ2n) is 6.08. The Bertz CT molecular complexity index is 722. The first-order chi connectivity index (χ1) is 11.1. The molecule has 1 amide bonds. The zero-order valence-corrected chi connectivity index (χ0v) is 13.7. The first-order valence-corrected chi connectivity index (χ1v) is 7.94. The quantitative estimate of drug-likeness (QED) is 0.812. The molecule has 3 heteroatoms. The van der Waals surface area contributed by atoms with E-state index in [0.29, 0.717) is 0 Å². The Morgan fingerprint density at radius 2 is 1.91 bits per heavy atom. The average Bonchev–Trinajstić information content (AvgIpc) is 2.59. The van der Waals surface area contributed by atoms with Gasteiger partial charge in [-0.1, -0.05) is 36.4 Å². The van der Waals surface area contributed by atoms with Gasteiger partial charge in [-0.3, -0.25) is 4.79 Å². The van der Waals surface area contributed by atoms with Crippen LogP contribution in [0.5, 0.6) is 0 Å². The van der Waals surface area contributed by atoms with Crippen molar-refractivity contribution in [3.63, 3.8) is 0 Å². The predicted molar refractivity (Wildman–Crippen MR) is 95.4 cm³/mol. The van der Waals surface area contributed by atoms with Crippen molar-refractivity contribution in [3.05, 3.63) is 71.3 Å². The van der Waals surface area contributed by atoms with E-state index in [9.17, 15) is 4.79 Å². The summed E-state index contributed by atoms with van der Waals surface area (Å²) in [6.07, 6.45) is 4.64. The van der Waals surface area contributed by atoms with Crippen molar-refractivity contribution in [2.45, 2.75) is 13.0 Å². The molecule has 0 bridgehead atoms. The molecule has 0 aliphatic carbocycles. The summed E-state index contributed by atoms with van der Waals surface area (Å²) in [5.41, 5.74) is 4.76. The summed E-state index contributed by atoms with van der Waals surface area (Å²) in [4.78, 5) is 16.3. The Kier molecular flexibility index (Phi) is 4.58. The summed E-state index contributed by atoms with van der Waals surface area (Å²) in [5, 5.41) is 0. The van der Waals surface area contributed by atoms with Crippen LogP contribution >= 0.6 is 0 Å². The Labute approximate surface area is 137 Å². The van der Waals surface area contributed by atoms with Crippen LogP contribution in [-0.4, -0.2) is 31.4 Å². The number of nitrogens with zero attached hydrogens (tertiary/aromatic N) is 2. The lowest BCUT2D eigenvalue weighted by molar-refractivity contribution is -0.113. The molecule has 0 saturated carbocycles. The predicted octanol–water partition coefficient (Wildman–Crippen LogP) is 3.35. The van der Waals surface area contributed by atoms with Gasteiger partial charge in [0.15, 0.2) is 0 Å². The van der Waals surface area contributed by atoms with Gasteiger partial charge in [0.2, 0.25) is 0 Å². The molecule has 2 aromatic carbocycles. The molecule has 0 saturated heterocycles. The lowest BCUT2D eigenvalue weighted by atomic mass is 9.97. The number of fused-ring (bicyclic) bond motifs is 1. The van der Waals surface area contributed by atoms with Crippen molar-refractivity contribution in [1.29, 1.82) is 0 Å². The third-order valence-electron chi connectivity index (χ3n) is 4.33. The van der Waals surface area contributed by atoms with E-state index in [4.69, 9.17) is 0 Å². The van der Waals surface area contributed by atoms with Gasteiger partial charge in [-0.25, -0.2) is 0 Å². The Balaban J connectivity index is 1.73. The van der Waals surface area contributed by atoms with Crippen molar-refractivity contribution in [1.82, 2.24) is 4.90 Å². The minimum atomic E-state index is -0.0222. The molecule has 0 N–H and O–H groups in total. The van der Waals surface area contributed by atoms with Crippen molar-refractivity contribution in [3.8, 4) is 0 Å². The van der Waals surface area contributed by atoms with Crippen LogP contribution in [-0.2, 0) is 17.8 Å². The summed E-state index contributed by atoms with van der Waals surface area (Å²) < 4.78 is 0. The molecule has 0 aromatic heterocycles. The van der Waals surface area contributed by atoms with Crippen LogP contribution in [0.15, 0.2) is 54.6 Å². The van der Waals surface area contributed by atoms with E-state index in [0.717, 1.165) is 30.8 Å². The minimum Gasteiger partial charge on any atom is -0.312 e. The molecule has 1 heterocycles. The highest BCUT2D eigenvalue weighted by molar-refractivity contribution is 6.03. The Hall–Kier alpha value is -2.39. The van der Waals surface area contributed by atoms with Gasteiger partial charge in [-0.15, -0.1) is 0 Å². The molecule has 1 aliphatic rings. The van der Waals surface area contributed by atoms with E-state index < -0.39 is 0 Å². The van der Waals surface area contributed by atoms with Crippen LogP contribution in [0.2, 0.25) is 0 Å². The fraction of sp³-hybridized carbons (Fsp3) is 0.250. The van der Waals surface area contributed by atoms with Crippen molar-refractivity contribution < 1.29 is 4.79 Å². The molecular weight excluding hydrogens is 284 g/mol. The van der Waals surface area contributed by atoms with Gasteiger partial charge in [0, 0.05) is 31.9 Å². The number of likely N-dealkylation sites (N-methyl/N-ethyl adjacent to an activating group) is 2. The number of carbonyl (C=O) groups excluding carboxylic acids is 1. The number of anilines is 1. The number of benzene rings is 2. The number of hydrogen-bond acceptors (Lipinski definition) is 2. The molecule has 3 nitrogen and oxygen atoms in total. The first kappa shape index (κ1) is 15.5. The van der Waals surface area contributed by atoms with E-state index in [1.54, 1.807) is 18.0 Å². The maximum absolute atomic E-state index is 12.3. The third-order valence-corrected chi connectivity index (χ3v) is 4.33. The minimum absolute atomic E-state index is 0.0222. The van der Waals surface area contributed by atoms with E-state index in [2.05, 4.69) is 30.1 Å². The summed E-state index contributed by atoms with van der Waals surface area (Å²) in [6.45, 7) is 2.09. The average molecular weight is 306 g/mol. The summed E-state index contributed by atoms with van der Waals surface area (Å²) in [6, 6.07) is 16.1. The van der Waals surface area contributed by atoms with Gasteiger partial charge in [0.1, 0.15) is 0 Å². The lowest BCUT2D eigenvalue weighted by Crippen LogP contribution is -2.26. The SMILES string of the molecule is CN1CCc2ccc(C=CC(=O)N(C)c3ccccc3)cc2C1. The van der Waals surface area contributed by atoms with Crippen LogP contribution in [0.1, 0.15) is 16.7 Å². The molecule has 118 valence electrons. The molecule has 0 radical (unpaired) electrons. The Morgan fingerprint density at radius 3 is 2.70 bits per heavy atom. The van der Waals surface area contributed by atoms with Crippen LogP contribution in [0.3, 0.4) is 0 Å². The van der Waals surface area contributed by atoms with Crippen LogP contribution in [0, 0.1) is 0 Å². The van der Waals surface area contributed by atoms with Gasteiger partial charge in [-0.2, -0.15) is 0 Å². The molecule has 2 aromatic rings. The molecule has 0 unspecified atom stereocenters. The van der Waals surface area contributed by atoms with Gasteiger partial charge in [-0.05, 0) is 48.4 Å². The number of carbonyl (C=O) groups is 1. The second kappa shape index (κ2) is 6.80. The smallest absolute Gasteiger partial charge is 0.250 e. The normalized spacial score (nSPS) is 14.7. The molecule has 3 rings (SSSR count). The van der Waals surface area contributed by atoms with Gasteiger partial charge in [0.25, 0.3) is 5.91 Å². The van der Waals surface area contributed by atoms with E-state index >= 15 is 0 Å². The van der Waals surface area contributed by atoms with Crippen LogP contribution < -0.4 is 4.90 Å². The summed E-state index contributed by atoms with van der Waals surface area (Å²) in [5.74, 6) is -0.0222. The highest BCUT2D eigenvalue weighted by Gasteiger charge is 2.13. The van der Waals surface area contributed by atoms with Gasteiger partial charge in [0.05, 0.1) is 0 Å². The zero-order chi connectivity index (χ0) is 16.2. The molecular formula is C20H22N2O. The van der Waals surface area contributed by atoms with Crippen molar-refractivity contribution >= 4 is 17.7 Å². The molecule has 1 aliphatic heterocycles. The topological polar surface area (TPSA) is 23.6 Å². The third kappa shape index (κ3) is 3.69. The first-order valence-electron chi connectivity index (χ1n) is 7.94. The molecule has 0 fully saturated rings. The largest absolute Gasteiger partial charge is 0.312 e. The molecule has 0 spiro atoms. The fourth-order valence-electron chi connectivity index (χ4n) is 2.88. The fourth-order valence-corrected chi connectivity index (χ4v) is 2.88. The number of rotatable bonds is 3. The van der Waals surface area contributed by atoms with Gasteiger partial charge < -0.3 is 9.80 Å². The maximum atomic E-state index is 12.3. The van der Waals surface area contributed by atoms with Crippen molar-refractivity contribution in [2.24, 2.45) is 0 Å². The standard InChI is InChI=1S/C20H22N2O/c1-21-13-12-17-10-8-16(14-18(17)15-21)9-11-20(23)22(2)19-6-4-3-5-7-19/h3-11,14H,12-13,15H2,1-2H3. The van der Waals surface area contributed by atoms with Crippen LogP contribution in [0.25, 0.3) is 6.08 Å². The zero-order valence-electron chi connectivity index (χ0n) is 13.7.